The number of carbonyl (C=O) groups excluding carboxylic acids is 1. The molecule has 1 heterocycles. The maximum absolute atomic E-state index is 13.0. The van der Waals surface area contributed by atoms with E-state index in [0.29, 0.717) is 25.9 Å². The molecule has 0 aliphatic carbocycles. The summed E-state index contributed by atoms with van der Waals surface area (Å²) in [5.41, 5.74) is 0.754. The van der Waals surface area contributed by atoms with Crippen LogP contribution in [-0.4, -0.2) is 44.9 Å². The lowest BCUT2D eigenvalue weighted by Gasteiger charge is -2.31. The van der Waals surface area contributed by atoms with Crippen LogP contribution in [0.1, 0.15) is 12.8 Å². The number of carbonyl (C=O) groups is 1. The van der Waals surface area contributed by atoms with Crippen LogP contribution in [0.3, 0.4) is 0 Å². The fourth-order valence-electron chi connectivity index (χ4n) is 3.04. The number of hydrogen-bond donors (Lipinski definition) is 2. The zero-order valence-corrected chi connectivity index (χ0v) is 15.6. The molecule has 0 aromatic heterocycles. The molecule has 1 aliphatic rings. The first-order valence-corrected chi connectivity index (χ1v) is 10.3. The first-order chi connectivity index (χ1) is 12.9. The number of benzene rings is 2. The number of amides is 1. The van der Waals surface area contributed by atoms with Crippen molar-refractivity contribution in [3.8, 4) is 0 Å². The average Bonchev–Trinajstić information content (AvgIpc) is 2.64. The quantitative estimate of drug-likeness (QED) is 0.791. The fraction of sp³-hybridized carbons (Fsp3) is 0.316. The summed E-state index contributed by atoms with van der Waals surface area (Å²) < 4.78 is 40.4. The van der Waals surface area contributed by atoms with Gasteiger partial charge in [-0.15, -0.1) is 0 Å². The molecule has 1 amide bonds. The molecule has 1 saturated heterocycles. The molecule has 2 aromatic carbocycles. The Bertz CT molecular complexity index is 865. The number of halogens is 1. The molecule has 0 spiro atoms. The van der Waals surface area contributed by atoms with Gasteiger partial charge in [-0.2, -0.15) is 0 Å². The second-order valence-electron chi connectivity index (χ2n) is 6.54. The van der Waals surface area contributed by atoms with E-state index in [1.54, 1.807) is 0 Å². The van der Waals surface area contributed by atoms with E-state index in [-0.39, 0.29) is 23.4 Å². The van der Waals surface area contributed by atoms with Crippen LogP contribution >= 0.6 is 0 Å². The molecule has 0 radical (unpaired) electrons. The molecule has 6 nitrogen and oxygen atoms in total. The van der Waals surface area contributed by atoms with Gasteiger partial charge in [0.05, 0.1) is 11.4 Å². The number of para-hydroxylation sites is 1. The standard InChI is InChI=1S/C19H22FN3O3S/c20-15-6-8-18(9-7-15)27(25,26)22-17-10-12-23(13-11-17)14-19(24)21-16-4-2-1-3-5-16/h1-9,17,22H,10-14H2,(H,21,24). The van der Waals surface area contributed by atoms with Crippen molar-refractivity contribution in [1.29, 1.82) is 0 Å². The molecule has 144 valence electrons. The summed E-state index contributed by atoms with van der Waals surface area (Å²) >= 11 is 0. The zero-order valence-electron chi connectivity index (χ0n) is 14.8. The maximum Gasteiger partial charge on any atom is 0.240 e. The molecular weight excluding hydrogens is 369 g/mol. The number of piperidine rings is 1. The summed E-state index contributed by atoms with van der Waals surface area (Å²) in [6.07, 6.45) is 1.22. The second kappa shape index (κ2) is 8.60. The number of likely N-dealkylation sites (tertiary alicyclic amines) is 1. The van der Waals surface area contributed by atoms with Gasteiger partial charge in [-0.05, 0) is 49.2 Å². The summed E-state index contributed by atoms with van der Waals surface area (Å²) in [5, 5.41) is 2.84. The predicted octanol–water partition coefficient (Wildman–Crippen LogP) is 2.21. The van der Waals surface area contributed by atoms with Crippen LogP contribution in [0.4, 0.5) is 10.1 Å². The lowest BCUT2D eigenvalue weighted by Crippen LogP contribution is -2.46. The summed E-state index contributed by atoms with van der Waals surface area (Å²) in [7, 11) is -3.67. The third-order valence-corrected chi connectivity index (χ3v) is 5.99. The minimum Gasteiger partial charge on any atom is -0.325 e. The van der Waals surface area contributed by atoms with E-state index in [1.807, 2.05) is 35.2 Å². The number of rotatable bonds is 6. The molecule has 2 aromatic rings. The molecule has 27 heavy (non-hydrogen) atoms. The van der Waals surface area contributed by atoms with Gasteiger partial charge in [-0.1, -0.05) is 18.2 Å². The third kappa shape index (κ3) is 5.59. The van der Waals surface area contributed by atoms with Crippen molar-refractivity contribution in [2.75, 3.05) is 25.0 Å². The minimum atomic E-state index is -3.67. The second-order valence-corrected chi connectivity index (χ2v) is 8.25. The zero-order chi connectivity index (χ0) is 19.3. The van der Waals surface area contributed by atoms with Gasteiger partial charge in [0.25, 0.3) is 0 Å². The number of anilines is 1. The van der Waals surface area contributed by atoms with Crippen molar-refractivity contribution in [2.45, 2.75) is 23.8 Å². The van der Waals surface area contributed by atoms with Crippen LogP contribution in [0.5, 0.6) is 0 Å². The first kappa shape index (κ1) is 19.5. The highest BCUT2D eigenvalue weighted by Gasteiger charge is 2.25. The first-order valence-electron chi connectivity index (χ1n) is 8.77. The number of nitrogens with zero attached hydrogens (tertiary/aromatic N) is 1. The largest absolute Gasteiger partial charge is 0.325 e. The van der Waals surface area contributed by atoms with E-state index in [0.717, 1.165) is 17.8 Å². The van der Waals surface area contributed by atoms with Crippen molar-refractivity contribution < 1.29 is 17.6 Å². The van der Waals surface area contributed by atoms with Gasteiger partial charge in [-0.25, -0.2) is 17.5 Å². The topological polar surface area (TPSA) is 78.5 Å². The predicted molar refractivity (Wildman–Crippen MR) is 101 cm³/mol. The highest BCUT2D eigenvalue weighted by atomic mass is 32.2. The maximum atomic E-state index is 13.0. The lowest BCUT2D eigenvalue weighted by molar-refractivity contribution is -0.117. The van der Waals surface area contributed by atoms with Gasteiger partial charge in [0.15, 0.2) is 0 Å². The van der Waals surface area contributed by atoms with E-state index in [1.165, 1.54) is 12.1 Å². The van der Waals surface area contributed by atoms with Gasteiger partial charge in [0.2, 0.25) is 15.9 Å². The molecule has 1 aliphatic heterocycles. The van der Waals surface area contributed by atoms with Crippen LogP contribution in [0.15, 0.2) is 59.5 Å². The number of hydrogen-bond acceptors (Lipinski definition) is 4. The van der Waals surface area contributed by atoms with Gasteiger partial charge < -0.3 is 5.32 Å². The number of sulfonamides is 1. The van der Waals surface area contributed by atoms with Gasteiger partial charge in [-0.3, -0.25) is 9.69 Å². The van der Waals surface area contributed by atoms with E-state index in [2.05, 4.69) is 10.0 Å². The van der Waals surface area contributed by atoms with Gasteiger partial charge in [0, 0.05) is 24.8 Å². The molecule has 3 rings (SSSR count). The Hall–Kier alpha value is -2.29. The van der Waals surface area contributed by atoms with Crippen molar-refractivity contribution in [1.82, 2.24) is 9.62 Å². The monoisotopic (exact) mass is 391 g/mol. The Morgan fingerprint density at radius 3 is 2.30 bits per heavy atom. The third-order valence-electron chi connectivity index (χ3n) is 4.46. The molecule has 0 bridgehead atoms. The normalized spacial score (nSPS) is 16.2. The Morgan fingerprint density at radius 2 is 1.67 bits per heavy atom. The highest BCUT2D eigenvalue weighted by Crippen LogP contribution is 2.16. The Morgan fingerprint density at radius 1 is 1.04 bits per heavy atom. The molecule has 8 heteroatoms. The van der Waals surface area contributed by atoms with Crippen LogP contribution in [0, 0.1) is 5.82 Å². The van der Waals surface area contributed by atoms with E-state index in [9.17, 15) is 17.6 Å². The van der Waals surface area contributed by atoms with Gasteiger partial charge >= 0.3 is 0 Å². The SMILES string of the molecule is O=C(CN1CCC(NS(=O)(=O)c2ccc(F)cc2)CC1)Nc1ccccc1. The summed E-state index contributed by atoms with van der Waals surface area (Å²) in [4.78, 5) is 14.2. The van der Waals surface area contributed by atoms with Crippen molar-refractivity contribution in [2.24, 2.45) is 0 Å². The fourth-order valence-corrected chi connectivity index (χ4v) is 4.34. The Kier molecular flexibility index (Phi) is 6.20. The van der Waals surface area contributed by atoms with Crippen molar-refractivity contribution >= 4 is 21.6 Å². The number of nitrogens with one attached hydrogen (secondary N) is 2. The Balaban J connectivity index is 1.47. The molecule has 0 unspecified atom stereocenters. The minimum absolute atomic E-state index is 0.0496. The summed E-state index contributed by atoms with van der Waals surface area (Å²) in [5.74, 6) is -0.567. The van der Waals surface area contributed by atoms with E-state index >= 15 is 0 Å². The highest BCUT2D eigenvalue weighted by molar-refractivity contribution is 7.89. The molecule has 2 N–H and O–H groups in total. The van der Waals surface area contributed by atoms with E-state index < -0.39 is 15.8 Å². The lowest BCUT2D eigenvalue weighted by atomic mass is 10.1. The van der Waals surface area contributed by atoms with Gasteiger partial charge in [0.1, 0.15) is 5.82 Å². The summed E-state index contributed by atoms with van der Waals surface area (Å²) in [6.45, 7) is 1.52. The van der Waals surface area contributed by atoms with Crippen molar-refractivity contribution in [3.05, 3.63) is 60.4 Å². The van der Waals surface area contributed by atoms with Crippen LogP contribution in [0.25, 0.3) is 0 Å². The smallest absolute Gasteiger partial charge is 0.240 e. The van der Waals surface area contributed by atoms with Crippen LogP contribution in [0.2, 0.25) is 0 Å². The molecular formula is C19H22FN3O3S. The Labute approximate surface area is 158 Å². The average molecular weight is 391 g/mol. The van der Waals surface area contributed by atoms with Crippen molar-refractivity contribution in [3.63, 3.8) is 0 Å². The summed E-state index contributed by atoms with van der Waals surface area (Å²) in [6, 6.07) is 13.8. The van der Waals surface area contributed by atoms with Crippen LogP contribution < -0.4 is 10.0 Å². The molecule has 1 fully saturated rings. The van der Waals surface area contributed by atoms with Crippen LogP contribution in [-0.2, 0) is 14.8 Å². The molecule has 0 saturated carbocycles. The van der Waals surface area contributed by atoms with E-state index in [4.69, 9.17) is 0 Å². The molecule has 0 atom stereocenters.